The average molecular weight is 243 g/mol. The van der Waals surface area contributed by atoms with Crippen LogP contribution in [0.15, 0.2) is 41.5 Å². The zero-order valence-corrected chi connectivity index (χ0v) is 10.5. The predicted molar refractivity (Wildman–Crippen MR) is 71.0 cm³/mol. The maximum absolute atomic E-state index is 11.8. The summed E-state index contributed by atoms with van der Waals surface area (Å²) in [5, 5.41) is 0. The van der Waals surface area contributed by atoms with Crippen LogP contribution in [0.5, 0.6) is 0 Å². The molecule has 0 amide bonds. The Balaban J connectivity index is 1.97. The van der Waals surface area contributed by atoms with Crippen molar-refractivity contribution in [2.75, 3.05) is 6.54 Å². The van der Waals surface area contributed by atoms with Crippen LogP contribution in [-0.2, 0) is 12.5 Å². The molecule has 1 aromatic carbocycles. The van der Waals surface area contributed by atoms with Crippen LogP contribution in [0, 0.1) is 0 Å². The summed E-state index contributed by atoms with van der Waals surface area (Å²) in [6.45, 7) is 0.706. The summed E-state index contributed by atoms with van der Waals surface area (Å²) >= 11 is 0. The van der Waals surface area contributed by atoms with E-state index in [1.165, 1.54) is 18.4 Å². The monoisotopic (exact) mass is 243 g/mol. The topological polar surface area (TPSA) is 52.9 Å². The predicted octanol–water partition coefficient (Wildman–Crippen LogP) is 1.17. The standard InChI is InChI=1S/C14H17N3O/c1-16-8-9-17(13(16)18)12-4-2-11(3-5-12)14(10-15)6-7-14/h2-5,8-9H,6-7,10,15H2,1H3. The molecule has 1 aromatic heterocycles. The molecule has 0 unspecified atom stereocenters. The normalized spacial score (nSPS) is 16.8. The molecule has 4 heteroatoms. The Labute approximate surface area is 106 Å². The molecule has 4 nitrogen and oxygen atoms in total. The van der Waals surface area contributed by atoms with E-state index in [2.05, 4.69) is 12.1 Å². The van der Waals surface area contributed by atoms with Crippen LogP contribution in [0.1, 0.15) is 18.4 Å². The molecule has 0 saturated heterocycles. The minimum Gasteiger partial charge on any atom is -0.330 e. The summed E-state index contributed by atoms with van der Waals surface area (Å²) in [7, 11) is 1.75. The zero-order chi connectivity index (χ0) is 12.8. The summed E-state index contributed by atoms with van der Waals surface area (Å²) in [4.78, 5) is 11.8. The average Bonchev–Trinajstić information content (AvgIpc) is 3.14. The van der Waals surface area contributed by atoms with Gasteiger partial charge < -0.3 is 10.3 Å². The first-order valence-corrected chi connectivity index (χ1v) is 6.21. The molecule has 1 aliphatic rings. The van der Waals surface area contributed by atoms with Crippen molar-refractivity contribution < 1.29 is 0 Å². The molecule has 0 bridgehead atoms. The van der Waals surface area contributed by atoms with E-state index < -0.39 is 0 Å². The highest BCUT2D eigenvalue weighted by atomic mass is 16.1. The number of imidazole rings is 1. The number of aryl methyl sites for hydroxylation is 1. The molecule has 1 aliphatic carbocycles. The van der Waals surface area contributed by atoms with Gasteiger partial charge in [-0.1, -0.05) is 12.1 Å². The Bertz CT molecular complexity index is 617. The van der Waals surface area contributed by atoms with Gasteiger partial charge in [0.1, 0.15) is 0 Å². The Kier molecular flexibility index (Phi) is 2.41. The fraction of sp³-hybridized carbons (Fsp3) is 0.357. The minimum absolute atomic E-state index is 0.0253. The van der Waals surface area contributed by atoms with Crippen molar-refractivity contribution >= 4 is 0 Å². The van der Waals surface area contributed by atoms with E-state index in [0.29, 0.717) is 6.54 Å². The van der Waals surface area contributed by atoms with E-state index in [0.717, 1.165) is 5.69 Å². The Morgan fingerprint density at radius 3 is 2.33 bits per heavy atom. The zero-order valence-electron chi connectivity index (χ0n) is 10.5. The molecule has 18 heavy (non-hydrogen) atoms. The highest BCUT2D eigenvalue weighted by Crippen LogP contribution is 2.47. The largest absolute Gasteiger partial charge is 0.332 e. The molecule has 1 saturated carbocycles. The van der Waals surface area contributed by atoms with Crippen LogP contribution in [0.3, 0.4) is 0 Å². The second kappa shape index (κ2) is 3.85. The molecule has 3 rings (SSSR count). The minimum atomic E-state index is -0.0253. The molecule has 0 atom stereocenters. The van der Waals surface area contributed by atoms with Crippen LogP contribution in [0.2, 0.25) is 0 Å². The Morgan fingerprint density at radius 2 is 1.89 bits per heavy atom. The number of hydrogen-bond acceptors (Lipinski definition) is 2. The summed E-state index contributed by atoms with van der Waals surface area (Å²) in [5.74, 6) is 0. The summed E-state index contributed by atoms with van der Waals surface area (Å²) in [5.41, 5.74) is 8.19. The highest BCUT2D eigenvalue weighted by molar-refractivity contribution is 5.40. The van der Waals surface area contributed by atoms with Gasteiger partial charge >= 0.3 is 5.69 Å². The van der Waals surface area contributed by atoms with Gasteiger partial charge in [-0.2, -0.15) is 0 Å². The van der Waals surface area contributed by atoms with Crippen molar-refractivity contribution in [2.45, 2.75) is 18.3 Å². The van der Waals surface area contributed by atoms with E-state index in [4.69, 9.17) is 5.73 Å². The van der Waals surface area contributed by atoms with Gasteiger partial charge in [-0.15, -0.1) is 0 Å². The van der Waals surface area contributed by atoms with Crippen LogP contribution in [0.4, 0.5) is 0 Å². The van der Waals surface area contributed by atoms with Crippen molar-refractivity contribution in [1.29, 1.82) is 0 Å². The maximum Gasteiger partial charge on any atom is 0.332 e. The first-order valence-electron chi connectivity index (χ1n) is 6.21. The van der Waals surface area contributed by atoms with Crippen molar-refractivity contribution in [3.05, 3.63) is 52.7 Å². The molecule has 94 valence electrons. The summed E-state index contributed by atoms with van der Waals surface area (Å²) in [6, 6.07) is 8.17. The lowest BCUT2D eigenvalue weighted by molar-refractivity contribution is 0.704. The molecule has 2 aromatic rings. The van der Waals surface area contributed by atoms with Crippen LogP contribution in [0.25, 0.3) is 5.69 Å². The second-order valence-corrected chi connectivity index (χ2v) is 5.09. The van der Waals surface area contributed by atoms with Gasteiger partial charge in [0.15, 0.2) is 0 Å². The summed E-state index contributed by atoms with van der Waals surface area (Å²) in [6.07, 6.45) is 5.90. The number of aromatic nitrogens is 2. The van der Waals surface area contributed by atoms with Crippen molar-refractivity contribution in [3.63, 3.8) is 0 Å². The van der Waals surface area contributed by atoms with E-state index in [1.807, 2.05) is 12.1 Å². The van der Waals surface area contributed by atoms with Crippen LogP contribution in [-0.4, -0.2) is 15.7 Å². The lowest BCUT2D eigenvalue weighted by atomic mass is 9.96. The van der Waals surface area contributed by atoms with E-state index >= 15 is 0 Å². The smallest absolute Gasteiger partial charge is 0.330 e. The number of rotatable bonds is 3. The first-order chi connectivity index (χ1) is 8.66. The van der Waals surface area contributed by atoms with Gasteiger partial charge in [0, 0.05) is 31.4 Å². The van der Waals surface area contributed by atoms with Gasteiger partial charge in [0.2, 0.25) is 0 Å². The van der Waals surface area contributed by atoms with Crippen LogP contribution < -0.4 is 11.4 Å². The first kappa shape index (κ1) is 11.3. The van der Waals surface area contributed by atoms with Gasteiger partial charge in [-0.25, -0.2) is 4.79 Å². The van der Waals surface area contributed by atoms with Gasteiger partial charge in [-0.05, 0) is 30.5 Å². The molecule has 1 heterocycles. The molecule has 1 fully saturated rings. The number of nitrogens with zero attached hydrogens (tertiary/aromatic N) is 2. The lowest BCUT2D eigenvalue weighted by Crippen LogP contribution is -2.21. The third-order valence-corrected chi connectivity index (χ3v) is 3.95. The molecular weight excluding hydrogens is 226 g/mol. The quantitative estimate of drug-likeness (QED) is 0.879. The summed E-state index contributed by atoms with van der Waals surface area (Å²) < 4.78 is 3.21. The highest BCUT2D eigenvalue weighted by Gasteiger charge is 2.42. The Hall–Kier alpha value is -1.81. The van der Waals surface area contributed by atoms with Gasteiger partial charge in [0.05, 0.1) is 5.69 Å². The van der Waals surface area contributed by atoms with Gasteiger partial charge in [-0.3, -0.25) is 4.57 Å². The second-order valence-electron chi connectivity index (χ2n) is 5.09. The molecule has 0 radical (unpaired) electrons. The van der Waals surface area contributed by atoms with Crippen molar-refractivity contribution in [1.82, 2.24) is 9.13 Å². The van der Waals surface area contributed by atoms with Gasteiger partial charge in [0.25, 0.3) is 0 Å². The van der Waals surface area contributed by atoms with E-state index in [9.17, 15) is 4.79 Å². The Morgan fingerprint density at radius 1 is 1.22 bits per heavy atom. The van der Waals surface area contributed by atoms with Crippen LogP contribution >= 0.6 is 0 Å². The lowest BCUT2D eigenvalue weighted by Gasteiger charge is -2.13. The fourth-order valence-corrected chi connectivity index (χ4v) is 2.40. The number of nitrogens with two attached hydrogens (primary N) is 1. The fourth-order valence-electron chi connectivity index (χ4n) is 2.40. The van der Waals surface area contributed by atoms with Crippen molar-refractivity contribution in [2.24, 2.45) is 12.8 Å². The third kappa shape index (κ3) is 1.61. The van der Waals surface area contributed by atoms with E-state index in [1.54, 1.807) is 28.6 Å². The SMILES string of the molecule is Cn1ccn(-c2ccc(C3(CN)CC3)cc2)c1=O. The number of hydrogen-bond donors (Lipinski definition) is 1. The molecule has 0 spiro atoms. The van der Waals surface area contributed by atoms with Crippen molar-refractivity contribution in [3.8, 4) is 5.69 Å². The third-order valence-electron chi connectivity index (χ3n) is 3.95. The molecule has 2 N–H and O–H groups in total. The maximum atomic E-state index is 11.8. The van der Waals surface area contributed by atoms with E-state index in [-0.39, 0.29) is 11.1 Å². The number of benzene rings is 1. The molecular formula is C14H17N3O. The molecule has 0 aliphatic heterocycles.